The lowest BCUT2D eigenvalue weighted by atomic mass is 9.86. The molecule has 3 saturated carbocycles. The van der Waals surface area contributed by atoms with Crippen molar-refractivity contribution in [1.82, 2.24) is 14.7 Å². The molecule has 5 rings (SSSR count). The molecule has 4 atom stereocenters. The molecule has 270 valence electrons. The zero-order valence-electron chi connectivity index (χ0n) is 31.0. The minimum Gasteiger partial charge on any atom is -0.493 e. The van der Waals surface area contributed by atoms with Gasteiger partial charge in [-0.3, -0.25) is 9.59 Å². The van der Waals surface area contributed by atoms with Crippen LogP contribution in [0, 0.1) is 11.3 Å². The Hall–Kier alpha value is -3.53. The van der Waals surface area contributed by atoms with Crippen LogP contribution in [0.4, 0.5) is 4.79 Å². The van der Waals surface area contributed by atoms with Gasteiger partial charge in [0.2, 0.25) is 5.91 Å². The van der Waals surface area contributed by atoms with E-state index in [0.29, 0.717) is 42.8 Å². The van der Waals surface area contributed by atoms with Gasteiger partial charge in [-0.2, -0.15) is 0 Å². The molecule has 2 spiro atoms. The van der Waals surface area contributed by atoms with Crippen molar-refractivity contribution < 1.29 is 33.3 Å². The molecule has 49 heavy (non-hydrogen) atoms. The average Bonchev–Trinajstić information content (AvgIpc) is 3.97. The van der Waals surface area contributed by atoms with Crippen molar-refractivity contribution in [2.24, 2.45) is 11.3 Å². The SMILES string of the molecule is CC/C(C)=C\C(=O)N(C[C@@H]1CC12CCC1(C[C@@H]1N(C(=O)c1ccc(OC)c(O/C=C/COC)c1)C(C)C)CN2C(=O)OC(C)(C)C)C1CC1. The van der Waals surface area contributed by atoms with E-state index in [2.05, 4.69) is 11.8 Å². The van der Waals surface area contributed by atoms with Crippen LogP contribution in [0.1, 0.15) is 104 Å². The van der Waals surface area contributed by atoms with Gasteiger partial charge in [0.1, 0.15) is 5.60 Å². The highest BCUT2D eigenvalue weighted by Gasteiger charge is 2.70. The monoisotopic (exact) mass is 679 g/mol. The number of amides is 3. The number of hydrogen-bond donors (Lipinski definition) is 0. The van der Waals surface area contributed by atoms with Crippen molar-refractivity contribution in [1.29, 1.82) is 0 Å². The average molecular weight is 680 g/mol. The summed E-state index contributed by atoms with van der Waals surface area (Å²) in [6.07, 6.45) is 11.1. The van der Waals surface area contributed by atoms with Gasteiger partial charge >= 0.3 is 6.09 Å². The summed E-state index contributed by atoms with van der Waals surface area (Å²) >= 11 is 0. The predicted octanol–water partition coefficient (Wildman–Crippen LogP) is 6.98. The molecular weight excluding hydrogens is 622 g/mol. The molecule has 10 nitrogen and oxygen atoms in total. The van der Waals surface area contributed by atoms with E-state index in [1.54, 1.807) is 44.6 Å². The molecule has 0 aromatic heterocycles. The van der Waals surface area contributed by atoms with E-state index < -0.39 is 5.60 Å². The van der Waals surface area contributed by atoms with E-state index >= 15 is 0 Å². The highest BCUT2D eigenvalue weighted by Crippen LogP contribution is 2.65. The first-order valence-electron chi connectivity index (χ1n) is 18.0. The third-order valence-electron chi connectivity index (χ3n) is 10.7. The Morgan fingerprint density at radius 3 is 2.43 bits per heavy atom. The van der Waals surface area contributed by atoms with Crippen LogP contribution >= 0.6 is 0 Å². The summed E-state index contributed by atoms with van der Waals surface area (Å²) in [7, 11) is 3.18. The maximum atomic E-state index is 14.2. The summed E-state index contributed by atoms with van der Waals surface area (Å²) in [6, 6.07) is 5.48. The van der Waals surface area contributed by atoms with Gasteiger partial charge in [-0.15, -0.1) is 0 Å². The Morgan fingerprint density at radius 2 is 1.82 bits per heavy atom. The van der Waals surface area contributed by atoms with E-state index in [4.69, 9.17) is 18.9 Å². The Kier molecular flexibility index (Phi) is 10.8. The third kappa shape index (κ3) is 8.11. The van der Waals surface area contributed by atoms with E-state index in [0.717, 1.165) is 50.5 Å². The molecule has 1 aliphatic heterocycles. The number of hydrogen-bond acceptors (Lipinski definition) is 7. The summed E-state index contributed by atoms with van der Waals surface area (Å²) in [5.74, 6) is 1.19. The second-order valence-electron chi connectivity index (χ2n) is 15.8. The summed E-state index contributed by atoms with van der Waals surface area (Å²) < 4.78 is 22.4. The predicted molar refractivity (Wildman–Crippen MR) is 189 cm³/mol. The van der Waals surface area contributed by atoms with Gasteiger partial charge in [0, 0.05) is 61.3 Å². The number of likely N-dealkylation sites (tertiary alicyclic amines) is 1. The third-order valence-corrected chi connectivity index (χ3v) is 10.7. The molecule has 0 N–H and O–H groups in total. The largest absolute Gasteiger partial charge is 0.493 e. The number of piperidine rings is 1. The fraction of sp³-hybridized carbons (Fsp3) is 0.667. The Balaban J connectivity index is 1.36. The molecule has 1 saturated heterocycles. The molecule has 1 aromatic carbocycles. The molecule has 3 amide bonds. The fourth-order valence-corrected chi connectivity index (χ4v) is 7.59. The topological polar surface area (TPSA) is 97.9 Å². The molecule has 2 unspecified atom stereocenters. The van der Waals surface area contributed by atoms with Gasteiger partial charge < -0.3 is 33.6 Å². The Bertz CT molecular complexity index is 1460. The molecule has 4 aliphatic rings. The molecule has 0 bridgehead atoms. The van der Waals surface area contributed by atoms with Crippen LogP contribution in [0.2, 0.25) is 0 Å². The zero-order valence-corrected chi connectivity index (χ0v) is 31.0. The lowest BCUT2D eigenvalue weighted by molar-refractivity contribution is -0.127. The van der Waals surface area contributed by atoms with E-state index in [1.165, 1.54) is 6.26 Å². The standard InChI is InChI=1S/C39H57N3O7/c1-10-27(4)20-34(43)40(30-13-14-30)24-29-22-39(29)17-16-38(25-41(39)36(45)49-37(5,6)7)23-33(38)42(26(2)3)35(44)28-12-15-31(47-9)32(21-28)48-19-11-18-46-8/h11-12,15,19-21,26,29-30,33H,10,13-14,16-18,22-25H2,1-9H3/b19-11+,27-20-/t29-,33-,38?,39?/m0/s1. The minimum absolute atomic E-state index is 0.0146. The van der Waals surface area contributed by atoms with Crippen molar-refractivity contribution in [3.63, 3.8) is 0 Å². The van der Waals surface area contributed by atoms with Gasteiger partial charge in [-0.1, -0.05) is 12.5 Å². The van der Waals surface area contributed by atoms with Crippen molar-refractivity contribution in [2.75, 3.05) is 33.9 Å². The number of ether oxygens (including phenoxy) is 4. The van der Waals surface area contributed by atoms with E-state index in [9.17, 15) is 14.4 Å². The van der Waals surface area contributed by atoms with Crippen molar-refractivity contribution in [2.45, 2.75) is 123 Å². The van der Waals surface area contributed by atoms with Crippen LogP contribution in [0.5, 0.6) is 11.5 Å². The molecule has 1 aromatic rings. The van der Waals surface area contributed by atoms with Crippen molar-refractivity contribution in [3.05, 3.63) is 47.7 Å². The van der Waals surface area contributed by atoms with Gasteiger partial charge in [0.25, 0.3) is 5.91 Å². The number of benzene rings is 1. The van der Waals surface area contributed by atoms with Crippen LogP contribution in [-0.4, -0.2) is 95.8 Å². The van der Waals surface area contributed by atoms with Crippen LogP contribution in [0.15, 0.2) is 42.2 Å². The van der Waals surface area contributed by atoms with Crippen molar-refractivity contribution >= 4 is 17.9 Å². The second-order valence-corrected chi connectivity index (χ2v) is 15.8. The molecule has 3 aliphatic carbocycles. The Labute approximate surface area is 292 Å². The molecule has 1 heterocycles. The Morgan fingerprint density at radius 1 is 1.08 bits per heavy atom. The van der Waals surface area contributed by atoms with Crippen LogP contribution < -0.4 is 9.47 Å². The lowest BCUT2D eigenvalue weighted by Gasteiger charge is -2.44. The summed E-state index contributed by atoms with van der Waals surface area (Å²) in [6.45, 7) is 15.5. The quantitative estimate of drug-likeness (QED) is 0.164. The number of carbonyl (C=O) groups excluding carboxylic acids is 3. The summed E-state index contributed by atoms with van der Waals surface area (Å²) in [5, 5.41) is 0. The van der Waals surface area contributed by atoms with Crippen molar-refractivity contribution in [3.8, 4) is 11.5 Å². The fourth-order valence-electron chi connectivity index (χ4n) is 7.59. The first-order valence-corrected chi connectivity index (χ1v) is 18.0. The van der Waals surface area contributed by atoms with Crippen LogP contribution in [0.25, 0.3) is 0 Å². The van der Waals surface area contributed by atoms with Crippen LogP contribution in [-0.2, 0) is 14.3 Å². The number of carbonyl (C=O) groups is 3. The normalized spacial score (nSPS) is 26.3. The molecule has 4 fully saturated rings. The second kappa shape index (κ2) is 14.4. The highest BCUT2D eigenvalue weighted by atomic mass is 16.6. The minimum atomic E-state index is -0.637. The summed E-state index contributed by atoms with van der Waals surface area (Å²) in [4.78, 5) is 47.5. The number of rotatable bonds is 13. The van der Waals surface area contributed by atoms with Gasteiger partial charge in [-0.05, 0) is 111 Å². The van der Waals surface area contributed by atoms with Crippen LogP contribution in [0.3, 0.4) is 0 Å². The van der Waals surface area contributed by atoms with Gasteiger partial charge in [0.15, 0.2) is 11.5 Å². The molecule has 0 radical (unpaired) electrons. The van der Waals surface area contributed by atoms with E-state index in [-0.39, 0.29) is 46.9 Å². The maximum Gasteiger partial charge on any atom is 0.410 e. The number of allylic oxidation sites excluding steroid dienone is 1. The maximum absolute atomic E-state index is 14.2. The highest BCUT2D eigenvalue weighted by molar-refractivity contribution is 5.95. The first-order chi connectivity index (χ1) is 23.2. The number of methoxy groups -OCH3 is 2. The summed E-state index contributed by atoms with van der Waals surface area (Å²) in [5.41, 5.74) is 0.418. The molecular formula is C39H57N3O7. The number of nitrogens with zero attached hydrogens (tertiary/aromatic N) is 3. The molecule has 10 heteroatoms. The van der Waals surface area contributed by atoms with Gasteiger partial charge in [-0.25, -0.2) is 4.79 Å². The van der Waals surface area contributed by atoms with Gasteiger partial charge in [0.05, 0.1) is 25.5 Å². The zero-order chi connectivity index (χ0) is 35.7. The lowest BCUT2D eigenvalue weighted by Crippen LogP contribution is -2.55. The van der Waals surface area contributed by atoms with E-state index in [1.807, 2.05) is 51.3 Å². The smallest absolute Gasteiger partial charge is 0.410 e. The first kappa shape index (κ1) is 36.7.